The lowest BCUT2D eigenvalue weighted by atomic mass is 9.68. The van der Waals surface area contributed by atoms with Gasteiger partial charge in [-0.05, 0) is 36.6 Å². The molecule has 27 heavy (non-hydrogen) atoms. The number of allylic oxidation sites excluding steroid dienone is 2. The normalized spacial score (nSPS) is 25.7. The topological polar surface area (TPSA) is 37.4 Å². The molecule has 0 saturated heterocycles. The zero-order valence-corrected chi connectivity index (χ0v) is 16.6. The molecule has 2 atom stereocenters. The van der Waals surface area contributed by atoms with E-state index in [-0.39, 0.29) is 5.41 Å². The molecule has 0 fully saturated rings. The van der Waals surface area contributed by atoms with Crippen LogP contribution in [0.3, 0.4) is 0 Å². The number of benzene rings is 2. The average Bonchev–Trinajstić information content (AvgIpc) is 2.67. The summed E-state index contributed by atoms with van der Waals surface area (Å²) in [5, 5.41) is 0. The van der Waals surface area contributed by atoms with Gasteiger partial charge in [0.25, 0.3) is 0 Å². The van der Waals surface area contributed by atoms with Crippen molar-refractivity contribution in [1.29, 1.82) is 0 Å². The molecule has 1 heterocycles. The van der Waals surface area contributed by atoms with Crippen LogP contribution >= 0.6 is 0 Å². The number of aryl methyl sites for hydroxylation is 1. The summed E-state index contributed by atoms with van der Waals surface area (Å²) in [5.41, 5.74) is 3.42. The van der Waals surface area contributed by atoms with Crippen LogP contribution in [0.25, 0.3) is 0 Å². The Morgan fingerprint density at radius 2 is 1.74 bits per heavy atom. The molecule has 0 unspecified atom stereocenters. The number of hydrogen-bond donors (Lipinski definition) is 0. The smallest absolute Gasteiger partial charge is 0.207 e. The van der Waals surface area contributed by atoms with Gasteiger partial charge in [-0.1, -0.05) is 73.2 Å². The number of nitrogens with zero attached hydrogens (tertiary/aromatic N) is 1. The average molecular weight is 380 g/mol. The molecule has 4 rings (SSSR count). The SMILES string of the molecule is Cc1ccc(S(=O)(=O)N2CC=C3C=C[C@@H](c4ccccc4)C[C@]3(C)C2)cc1. The van der Waals surface area contributed by atoms with Crippen molar-refractivity contribution in [3.05, 3.63) is 89.5 Å². The largest absolute Gasteiger partial charge is 0.243 e. The molecule has 0 aromatic heterocycles. The molecule has 0 radical (unpaired) electrons. The summed E-state index contributed by atoms with van der Waals surface area (Å²) < 4.78 is 27.9. The Hall–Kier alpha value is -2.17. The summed E-state index contributed by atoms with van der Waals surface area (Å²) >= 11 is 0. The fourth-order valence-corrected chi connectivity index (χ4v) is 5.69. The van der Waals surface area contributed by atoms with Crippen molar-refractivity contribution < 1.29 is 8.42 Å². The molecule has 4 heteroatoms. The van der Waals surface area contributed by atoms with Crippen molar-refractivity contribution in [3.63, 3.8) is 0 Å². The van der Waals surface area contributed by atoms with E-state index in [9.17, 15) is 8.42 Å². The minimum Gasteiger partial charge on any atom is -0.207 e. The molecule has 0 amide bonds. The van der Waals surface area contributed by atoms with E-state index in [0.29, 0.717) is 23.9 Å². The van der Waals surface area contributed by atoms with E-state index in [1.807, 2.05) is 25.1 Å². The first-order chi connectivity index (χ1) is 12.9. The zero-order chi connectivity index (χ0) is 19.1. The molecular formula is C23H25NO2S. The monoisotopic (exact) mass is 379 g/mol. The fourth-order valence-electron chi connectivity index (χ4n) is 4.19. The molecule has 1 aliphatic heterocycles. The van der Waals surface area contributed by atoms with Gasteiger partial charge in [0, 0.05) is 24.4 Å². The predicted octanol–water partition coefficient (Wildman–Crippen LogP) is 4.68. The van der Waals surface area contributed by atoms with Crippen LogP contribution in [0.15, 0.2) is 83.3 Å². The Morgan fingerprint density at radius 3 is 2.44 bits per heavy atom. The van der Waals surface area contributed by atoms with Crippen molar-refractivity contribution in [2.24, 2.45) is 5.41 Å². The highest BCUT2D eigenvalue weighted by Gasteiger charge is 2.41. The Morgan fingerprint density at radius 1 is 1.04 bits per heavy atom. The van der Waals surface area contributed by atoms with E-state index in [2.05, 4.69) is 49.4 Å². The van der Waals surface area contributed by atoms with Crippen LogP contribution in [0.1, 0.15) is 30.4 Å². The molecule has 3 nitrogen and oxygen atoms in total. The van der Waals surface area contributed by atoms with Gasteiger partial charge in [0.2, 0.25) is 10.0 Å². The van der Waals surface area contributed by atoms with Gasteiger partial charge in [0.1, 0.15) is 0 Å². The van der Waals surface area contributed by atoms with Crippen molar-refractivity contribution in [2.75, 3.05) is 13.1 Å². The van der Waals surface area contributed by atoms with E-state index in [4.69, 9.17) is 0 Å². The van der Waals surface area contributed by atoms with Gasteiger partial charge in [0.15, 0.2) is 0 Å². The molecular weight excluding hydrogens is 354 g/mol. The van der Waals surface area contributed by atoms with Crippen LogP contribution in [0.4, 0.5) is 0 Å². The van der Waals surface area contributed by atoms with Crippen LogP contribution in [-0.4, -0.2) is 25.8 Å². The van der Waals surface area contributed by atoms with Gasteiger partial charge in [-0.3, -0.25) is 0 Å². The summed E-state index contributed by atoms with van der Waals surface area (Å²) in [6.45, 7) is 5.10. The lowest BCUT2D eigenvalue weighted by molar-refractivity contribution is 0.247. The van der Waals surface area contributed by atoms with Gasteiger partial charge >= 0.3 is 0 Å². The Bertz CT molecular complexity index is 990. The van der Waals surface area contributed by atoms with Crippen LogP contribution in [0, 0.1) is 12.3 Å². The third kappa shape index (κ3) is 3.40. The number of fused-ring (bicyclic) bond motifs is 1. The second-order valence-electron chi connectivity index (χ2n) is 7.91. The van der Waals surface area contributed by atoms with Gasteiger partial charge < -0.3 is 0 Å². The second-order valence-corrected chi connectivity index (χ2v) is 9.85. The van der Waals surface area contributed by atoms with Crippen molar-refractivity contribution in [3.8, 4) is 0 Å². The number of rotatable bonds is 3. The van der Waals surface area contributed by atoms with Crippen molar-refractivity contribution in [1.82, 2.24) is 4.31 Å². The third-order valence-electron chi connectivity index (χ3n) is 5.80. The van der Waals surface area contributed by atoms with E-state index in [1.54, 1.807) is 16.4 Å². The summed E-state index contributed by atoms with van der Waals surface area (Å²) in [6, 6.07) is 17.6. The van der Waals surface area contributed by atoms with Gasteiger partial charge in [-0.2, -0.15) is 4.31 Å². The van der Waals surface area contributed by atoms with Gasteiger partial charge in [0.05, 0.1) is 4.90 Å². The van der Waals surface area contributed by atoms with Gasteiger partial charge in [-0.15, -0.1) is 0 Å². The molecule has 2 aromatic rings. The first kappa shape index (κ1) is 18.2. The maximum atomic E-state index is 13.1. The fraction of sp³-hybridized carbons (Fsp3) is 0.304. The van der Waals surface area contributed by atoms with E-state index >= 15 is 0 Å². The molecule has 140 valence electrons. The summed E-state index contributed by atoms with van der Waals surface area (Å²) in [6.07, 6.45) is 7.44. The van der Waals surface area contributed by atoms with Crippen molar-refractivity contribution in [2.45, 2.75) is 31.1 Å². The van der Waals surface area contributed by atoms with E-state index < -0.39 is 10.0 Å². The summed E-state index contributed by atoms with van der Waals surface area (Å²) in [5.74, 6) is 0.315. The van der Waals surface area contributed by atoms with E-state index in [0.717, 1.165) is 12.0 Å². The van der Waals surface area contributed by atoms with Crippen LogP contribution in [0.5, 0.6) is 0 Å². The van der Waals surface area contributed by atoms with Crippen LogP contribution < -0.4 is 0 Å². The Balaban J connectivity index is 1.62. The quantitative estimate of drug-likeness (QED) is 0.777. The number of hydrogen-bond acceptors (Lipinski definition) is 2. The maximum absolute atomic E-state index is 13.1. The highest BCUT2D eigenvalue weighted by Crippen LogP contribution is 2.46. The molecule has 0 bridgehead atoms. The molecule has 2 aliphatic rings. The Labute approximate surface area is 162 Å². The zero-order valence-electron chi connectivity index (χ0n) is 15.8. The Kier molecular flexibility index (Phi) is 4.57. The summed E-state index contributed by atoms with van der Waals surface area (Å²) in [7, 11) is -3.48. The lowest BCUT2D eigenvalue weighted by Gasteiger charge is -2.43. The van der Waals surface area contributed by atoms with Crippen LogP contribution in [-0.2, 0) is 10.0 Å². The molecule has 0 N–H and O–H groups in total. The third-order valence-corrected chi connectivity index (χ3v) is 7.63. The first-order valence-electron chi connectivity index (χ1n) is 9.39. The second kappa shape index (κ2) is 6.77. The molecule has 0 saturated carbocycles. The minimum atomic E-state index is -3.48. The summed E-state index contributed by atoms with van der Waals surface area (Å²) in [4.78, 5) is 0.375. The predicted molar refractivity (Wildman–Crippen MR) is 109 cm³/mol. The minimum absolute atomic E-state index is 0.175. The van der Waals surface area contributed by atoms with E-state index in [1.165, 1.54) is 11.1 Å². The lowest BCUT2D eigenvalue weighted by Crippen LogP contribution is -2.45. The molecule has 1 aliphatic carbocycles. The van der Waals surface area contributed by atoms with Crippen molar-refractivity contribution >= 4 is 10.0 Å². The first-order valence-corrected chi connectivity index (χ1v) is 10.8. The standard InChI is InChI=1S/C23H25NO2S/c1-18-8-12-22(13-9-18)27(25,26)24-15-14-21-11-10-20(16-23(21,2)17-24)19-6-4-3-5-7-19/h3-14,20H,15-17H2,1-2H3/t20-,23-/m1/s1. The highest BCUT2D eigenvalue weighted by molar-refractivity contribution is 7.89. The molecule has 0 spiro atoms. The highest BCUT2D eigenvalue weighted by atomic mass is 32.2. The van der Waals surface area contributed by atoms with Crippen LogP contribution in [0.2, 0.25) is 0 Å². The van der Waals surface area contributed by atoms with Gasteiger partial charge in [-0.25, -0.2) is 8.42 Å². The molecule has 2 aromatic carbocycles. The number of sulfonamides is 1. The maximum Gasteiger partial charge on any atom is 0.243 e.